The molecule has 0 aromatic heterocycles. The summed E-state index contributed by atoms with van der Waals surface area (Å²) >= 11 is 0. The van der Waals surface area contributed by atoms with Crippen molar-refractivity contribution in [2.45, 2.75) is 45.1 Å². The van der Waals surface area contributed by atoms with Crippen molar-refractivity contribution in [3.05, 3.63) is 88.8 Å². The number of ether oxygens (including phenoxy) is 2. The van der Waals surface area contributed by atoms with Crippen molar-refractivity contribution in [1.29, 1.82) is 0 Å². The molecular formula is C27H29NO4. The fourth-order valence-corrected chi connectivity index (χ4v) is 4.80. The number of carbonyl (C=O) groups excluding carboxylic acids is 2. The maximum atomic E-state index is 13.6. The third-order valence-electron chi connectivity index (χ3n) is 6.13. The number of Topliss-reactive ketones (excluding diaryl/α,β-unsaturated/α-hetero) is 1. The quantitative estimate of drug-likeness (QED) is 0.685. The molecule has 0 bridgehead atoms. The summed E-state index contributed by atoms with van der Waals surface area (Å²) < 4.78 is 11.2. The Balaban J connectivity index is 1.86. The van der Waals surface area contributed by atoms with E-state index in [9.17, 15) is 9.59 Å². The molecule has 1 heterocycles. The first-order valence-electron chi connectivity index (χ1n) is 11.0. The summed E-state index contributed by atoms with van der Waals surface area (Å²) in [5.41, 5.74) is 3.94. The number of nitrogens with one attached hydrogen (secondary N) is 1. The van der Waals surface area contributed by atoms with Gasteiger partial charge in [0.15, 0.2) is 0 Å². The molecule has 32 heavy (non-hydrogen) atoms. The molecule has 0 saturated heterocycles. The molecule has 3 atom stereocenters. The number of carbonyl (C=O) groups is 2. The Labute approximate surface area is 189 Å². The van der Waals surface area contributed by atoms with Gasteiger partial charge in [0.05, 0.1) is 24.7 Å². The molecular weight excluding hydrogens is 402 g/mol. The summed E-state index contributed by atoms with van der Waals surface area (Å²) in [7, 11) is 1.60. The van der Waals surface area contributed by atoms with Crippen molar-refractivity contribution in [3.63, 3.8) is 0 Å². The van der Waals surface area contributed by atoms with Gasteiger partial charge in [-0.3, -0.25) is 4.79 Å². The van der Waals surface area contributed by atoms with Crippen LogP contribution in [0.3, 0.4) is 0 Å². The van der Waals surface area contributed by atoms with Crippen molar-refractivity contribution < 1.29 is 19.1 Å². The van der Waals surface area contributed by atoms with Gasteiger partial charge in [0, 0.05) is 35.2 Å². The van der Waals surface area contributed by atoms with Crippen molar-refractivity contribution in [2.24, 2.45) is 5.92 Å². The number of hydrogen-bond donors (Lipinski definition) is 1. The highest BCUT2D eigenvalue weighted by molar-refractivity contribution is 5.96. The lowest BCUT2D eigenvalue weighted by atomic mass is 9.68. The Morgan fingerprint density at radius 1 is 1.03 bits per heavy atom. The summed E-state index contributed by atoms with van der Waals surface area (Å²) in [6.45, 7) is 5.51. The fourth-order valence-electron chi connectivity index (χ4n) is 4.80. The van der Waals surface area contributed by atoms with E-state index in [1.165, 1.54) is 0 Å². The minimum atomic E-state index is -0.496. The SMILES string of the molecule is COc1ccccc1C1C(C(=O)OC(C)C)=C(C)NC2=CC(c3ccccc3)CC(=O)C21. The number of esters is 1. The zero-order chi connectivity index (χ0) is 22.8. The molecule has 0 radical (unpaired) electrons. The lowest BCUT2D eigenvalue weighted by molar-refractivity contribution is -0.143. The largest absolute Gasteiger partial charge is 0.496 e. The minimum absolute atomic E-state index is 0.00210. The van der Waals surface area contributed by atoms with Gasteiger partial charge in [-0.2, -0.15) is 0 Å². The summed E-state index contributed by atoms with van der Waals surface area (Å²) in [5, 5.41) is 3.37. The first-order chi connectivity index (χ1) is 15.4. The van der Waals surface area contributed by atoms with E-state index < -0.39 is 17.8 Å². The smallest absolute Gasteiger partial charge is 0.336 e. The minimum Gasteiger partial charge on any atom is -0.496 e. The van der Waals surface area contributed by atoms with E-state index in [1.807, 2.05) is 75.4 Å². The van der Waals surface area contributed by atoms with Gasteiger partial charge in [-0.05, 0) is 32.4 Å². The lowest BCUT2D eigenvalue weighted by Gasteiger charge is -2.40. The molecule has 4 rings (SSSR count). The van der Waals surface area contributed by atoms with Crippen LogP contribution in [0.5, 0.6) is 5.75 Å². The van der Waals surface area contributed by atoms with Crippen molar-refractivity contribution in [3.8, 4) is 5.75 Å². The first kappa shape index (κ1) is 21.9. The molecule has 0 saturated carbocycles. The molecule has 2 aliphatic rings. The van der Waals surface area contributed by atoms with Crippen LogP contribution in [0.15, 0.2) is 77.6 Å². The Morgan fingerprint density at radius 3 is 2.41 bits per heavy atom. The second kappa shape index (κ2) is 9.03. The molecule has 1 N–H and O–H groups in total. The van der Waals surface area contributed by atoms with E-state index in [1.54, 1.807) is 7.11 Å². The van der Waals surface area contributed by atoms with E-state index in [0.29, 0.717) is 23.4 Å². The van der Waals surface area contributed by atoms with Gasteiger partial charge in [-0.1, -0.05) is 54.6 Å². The first-order valence-corrected chi connectivity index (χ1v) is 11.0. The van der Waals surface area contributed by atoms with Crippen LogP contribution in [0.4, 0.5) is 0 Å². The molecule has 0 spiro atoms. The number of rotatable bonds is 5. The van der Waals surface area contributed by atoms with Crippen LogP contribution in [0, 0.1) is 5.92 Å². The molecule has 0 amide bonds. The van der Waals surface area contributed by atoms with E-state index >= 15 is 0 Å². The number of benzene rings is 2. The summed E-state index contributed by atoms with van der Waals surface area (Å²) in [5.74, 6) is -0.629. The number of fused-ring (bicyclic) bond motifs is 1. The van der Waals surface area contributed by atoms with Crippen LogP contribution >= 0.6 is 0 Å². The molecule has 5 nitrogen and oxygen atoms in total. The van der Waals surface area contributed by atoms with Crippen molar-refractivity contribution in [2.75, 3.05) is 7.11 Å². The summed E-state index contributed by atoms with van der Waals surface area (Å²) in [6.07, 6.45) is 2.26. The standard InChI is InChI=1S/C27H29NO4/c1-16(2)32-27(30)24-17(3)28-21-14-19(18-10-6-5-7-11-18)15-22(29)26(21)25(24)20-12-8-9-13-23(20)31-4/h5-14,16,19,25-26,28H,15H2,1-4H3. The number of para-hydroxylation sites is 1. The number of ketones is 1. The normalized spacial score (nSPS) is 22.7. The lowest BCUT2D eigenvalue weighted by Crippen LogP contribution is -2.42. The highest BCUT2D eigenvalue weighted by Crippen LogP contribution is 2.48. The maximum absolute atomic E-state index is 13.6. The molecule has 0 fully saturated rings. The maximum Gasteiger partial charge on any atom is 0.336 e. The van der Waals surface area contributed by atoms with Gasteiger partial charge in [0.1, 0.15) is 11.5 Å². The van der Waals surface area contributed by atoms with E-state index in [-0.39, 0.29) is 17.8 Å². The van der Waals surface area contributed by atoms with Gasteiger partial charge in [-0.15, -0.1) is 0 Å². The zero-order valence-electron chi connectivity index (χ0n) is 18.9. The molecule has 5 heteroatoms. The third kappa shape index (κ3) is 4.07. The third-order valence-corrected chi connectivity index (χ3v) is 6.13. The predicted molar refractivity (Wildman–Crippen MR) is 123 cm³/mol. The molecule has 166 valence electrons. The number of methoxy groups -OCH3 is 1. The van der Waals surface area contributed by atoms with Gasteiger partial charge in [-0.25, -0.2) is 4.79 Å². The zero-order valence-corrected chi connectivity index (χ0v) is 18.9. The van der Waals surface area contributed by atoms with Crippen LogP contribution in [0.25, 0.3) is 0 Å². The Kier molecular flexibility index (Phi) is 6.17. The molecule has 2 aromatic carbocycles. The average Bonchev–Trinajstić information content (AvgIpc) is 2.78. The van der Waals surface area contributed by atoms with Crippen LogP contribution in [-0.4, -0.2) is 25.0 Å². The summed E-state index contributed by atoms with van der Waals surface area (Å²) in [6, 6.07) is 17.6. The molecule has 2 aromatic rings. The van der Waals surface area contributed by atoms with Gasteiger partial charge >= 0.3 is 5.97 Å². The number of hydrogen-bond acceptors (Lipinski definition) is 5. The Morgan fingerprint density at radius 2 is 1.72 bits per heavy atom. The van der Waals surface area contributed by atoms with Gasteiger partial charge in [0.2, 0.25) is 0 Å². The molecule has 1 aliphatic carbocycles. The van der Waals surface area contributed by atoms with Crippen molar-refractivity contribution >= 4 is 11.8 Å². The highest BCUT2D eigenvalue weighted by atomic mass is 16.5. The van der Waals surface area contributed by atoms with E-state index in [4.69, 9.17) is 9.47 Å². The van der Waals surface area contributed by atoms with Gasteiger partial charge < -0.3 is 14.8 Å². The van der Waals surface area contributed by atoms with Crippen LogP contribution in [-0.2, 0) is 14.3 Å². The second-order valence-electron chi connectivity index (χ2n) is 8.62. The Bertz CT molecular complexity index is 1080. The van der Waals surface area contributed by atoms with Crippen LogP contribution in [0.2, 0.25) is 0 Å². The summed E-state index contributed by atoms with van der Waals surface area (Å²) in [4.78, 5) is 26.8. The second-order valence-corrected chi connectivity index (χ2v) is 8.62. The van der Waals surface area contributed by atoms with Gasteiger partial charge in [0.25, 0.3) is 0 Å². The highest BCUT2D eigenvalue weighted by Gasteiger charge is 2.46. The fraction of sp³-hybridized carbons (Fsp3) is 0.333. The van der Waals surface area contributed by atoms with Crippen molar-refractivity contribution in [1.82, 2.24) is 5.32 Å². The molecule has 1 aliphatic heterocycles. The van der Waals surface area contributed by atoms with Crippen LogP contribution in [0.1, 0.15) is 50.2 Å². The van der Waals surface area contributed by atoms with E-state index in [2.05, 4.69) is 11.4 Å². The predicted octanol–water partition coefficient (Wildman–Crippen LogP) is 4.86. The monoisotopic (exact) mass is 431 g/mol. The average molecular weight is 432 g/mol. The topological polar surface area (TPSA) is 64.6 Å². The van der Waals surface area contributed by atoms with E-state index in [0.717, 1.165) is 16.8 Å². The molecule has 3 unspecified atom stereocenters. The Hall–Kier alpha value is -3.34. The number of allylic oxidation sites excluding steroid dienone is 3. The van der Waals surface area contributed by atoms with Crippen LogP contribution < -0.4 is 10.1 Å².